The Balaban J connectivity index is 1.27. The molecule has 1 aromatic rings. The molecular formula is C21H26O4S. The van der Waals surface area contributed by atoms with Gasteiger partial charge in [0.25, 0.3) is 0 Å². The number of carboxylic acids is 1. The van der Waals surface area contributed by atoms with Crippen LogP contribution in [0.5, 0.6) is 0 Å². The summed E-state index contributed by atoms with van der Waals surface area (Å²) in [7, 11) is 0. The molecule has 0 saturated carbocycles. The van der Waals surface area contributed by atoms with Crippen molar-refractivity contribution in [1.29, 1.82) is 0 Å². The molecule has 4 nitrogen and oxygen atoms in total. The molecule has 0 aromatic heterocycles. The fourth-order valence-electron chi connectivity index (χ4n) is 4.44. The molecule has 4 rings (SSSR count). The third-order valence-corrected chi connectivity index (χ3v) is 6.76. The van der Waals surface area contributed by atoms with Gasteiger partial charge in [0.05, 0.1) is 12.2 Å². The highest BCUT2D eigenvalue weighted by atomic mass is 32.2. The van der Waals surface area contributed by atoms with Gasteiger partial charge < -0.3 is 14.6 Å². The first kappa shape index (κ1) is 18.1. The van der Waals surface area contributed by atoms with Crippen LogP contribution in [0.2, 0.25) is 0 Å². The van der Waals surface area contributed by atoms with Crippen molar-refractivity contribution in [3.8, 4) is 0 Å². The second-order valence-corrected chi connectivity index (χ2v) is 8.57. The molecule has 0 unspecified atom stereocenters. The standard InChI is InChI=1S/C21H26O4S/c22-17(23)11-7-2-1-6-10-15-16(19-21-20(25-21)18(15)24-19)12-13-26-14-8-4-3-5-9-14/h1,3-6,8-9,15-16,18-21H,2,7,10-13H2,(H,22,23)/b6-1-/t15-,16+,18+,19-,20-,21+/m0/s1. The first-order valence-electron chi connectivity index (χ1n) is 9.59. The van der Waals surface area contributed by atoms with Crippen LogP contribution in [-0.4, -0.2) is 41.2 Å². The molecule has 6 atom stereocenters. The van der Waals surface area contributed by atoms with E-state index in [-0.39, 0.29) is 18.6 Å². The van der Waals surface area contributed by atoms with Crippen LogP contribution >= 0.6 is 11.8 Å². The summed E-state index contributed by atoms with van der Waals surface area (Å²) in [5, 5.41) is 8.69. The Morgan fingerprint density at radius 2 is 1.77 bits per heavy atom. The van der Waals surface area contributed by atoms with E-state index in [4.69, 9.17) is 14.6 Å². The number of carbonyl (C=O) groups is 1. The van der Waals surface area contributed by atoms with Crippen molar-refractivity contribution in [2.24, 2.45) is 11.8 Å². The van der Waals surface area contributed by atoms with Gasteiger partial charge in [-0.3, -0.25) is 4.79 Å². The van der Waals surface area contributed by atoms with Crippen LogP contribution in [0.1, 0.15) is 32.1 Å². The maximum absolute atomic E-state index is 10.6. The summed E-state index contributed by atoms with van der Waals surface area (Å²) in [5.41, 5.74) is 0. The molecule has 1 aromatic carbocycles. The van der Waals surface area contributed by atoms with Gasteiger partial charge in [0, 0.05) is 11.3 Å². The van der Waals surface area contributed by atoms with E-state index in [1.807, 2.05) is 11.8 Å². The number of benzene rings is 1. The highest BCUT2D eigenvalue weighted by molar-refractivity contribution is 7.99. The predicted molar refractivity (Wildman–Crippen MR) is 101 cm³/mol. The molecule has 5 heteroatoms. The lowest BCUT2D eigenvalue weighted by Crippen LogP contribution is -2.32. The molecule has 26 heavy (non-hydrogen) atoms. The van der Waals surface area contributed by atoms with Gasteiger partial charge in [-0.2, -0.15) is 0 Å². The van der Waals surface area contributed by atoms with Crippen LogP contribution in [0.15, 0.2) is 47.4 Å². The number of epoxide rings is 1. The maximum Gasteiger partial charge on any atom is 0.303 e. The number of allylic oxidation sites excluding steroid dienone is 2. The van der Waals surface area contributed by atoms with E-state index >= 15 is 0 Å². The van der Waals surface area contributed by atoms with Crippen molar-refractivity contribution in [3.63, 3.8) is 0 Å². The number of ether oxygens (including phenoxy) is 2. The zero-order valence-electron chi connectivity index (χ0n) is 14.8. The first-order chi connectivity index (χ1) is 12.7. The topological polar surface area (TPSA) is 59.1 Å². The van der Waals surface area contributed by atoms with E-state index in [1.54, 1.807) is 0 Å². The van der Waals surface area contributed by atoms with E-state index < -0.39 is 5.97 Å². The van der Waals surface area contributed by atoms with Crippen LogP contribution in [0.4, 0.5) is 0 Å². The van der Waals surface area contributed by atoms with Crippen molar-refractivity contribution < 1.29 is 19.4 Å². The van der Waals surface area contributed by atoms with E-state index in [1.165, 1.54) is 4.90 Å². The average molecular weight is 375 g/mol. The van der Waals surface area contributed by atoms with Crippen LogP contribution in [-0.2, 0) is 14.3 Å². The van der Waals surface area contributed by atoms with Gasteiger partial charge in [-0.05, 0) is 55.4 Å². The normalized spacial score (nSPS) is 34.3. The third-order valence-electron chi connectivity index (χ3n) is 5.72. The Morgan fingerprint density at radius 3 is 2.54 bits per heavy atom. The fourth-order valence-corrected chi connectivity index (χ4v) is 5.41. The number of carboxylic acid groups (broad SMARTS) is 1. The molecule has 3 fully saturated rings. The largest absolute Gasteiger partial charge is 0.481 e. The number of hydrogen-bond acceptors (Lipinski definition) is 4. The van der Waals surface area contributed by atoms with Crippen molar-refractivity contribution in [3.05, 3.63) is 42.5 Å². The van der Waals surface area contributed by atoms with Crippen molar-refractivity contribution in [2.45, 2.75) is 61.4 Å². The highest BCUT2D eigenvalue weighted by Crippen LogP contribution is 2.56. The molecule has 2 bridgehead atoms. The van der Waals surface area contributed by atoms with Gasteiger partial charge in [0.1, 0.15) is 12.2 Å². The molecule has 3 saturated heterocycles. The second kappa shape index (κ2) is 8.15. The zero-order chi connectivity index (χ0) is 17.9. The highest BCUT2D eigenvalue weighted by Gasteiger charge is 2.68. The van der Waals surface area contributed by atoms with Gasteiger partial charge in [-0.25, -0.2) is 0 Å². The third kappa shape index (κ3) is 4.00. The van der Waals surface area contributed by atoms with Crippen molar-refractivity contribution in [1.82, 2.24) is 0 Å². The Hall–Kier alpha value is -1.30. The Bertz CT molecular complexity index is 647. The SMILES string of the molecule is O=C(O)CCC/C=C\C[C@H]1[C@@H](CCSc2ccccc2)[C@@H]2O[C@H]1[C@@H]1O[C@@H]12. The summed E-state index contributed by atoms with van der Waals surface area (Å²) in [6.45, 7) is 0. The molecule has 1 N–H and O–H groups in total. The fraction of sp³-hybridized carbons (Fsp3) is 0.571. The number of thioether (sulfide) groups is 1. The minimum atomic E-state index is -0.715. The molecule has 0 radical (unpaired) electrons. The second-order valence-electron chi connectivity index (χ2n) is 7.40. The Labute approximate surface area is 159 Å². The molecule has 3 aliphatic heterocycles. The van der Waals surface area contributed by atoms with E-state index in [0.717, 1.165) is 25.0 Å². The zero-order valence-corrected chi connectivity index (χ0v) is 15.6. The van der Waals surface area contributed by atoms with Crippen LogP contribution in [0.25, 0.3) is 0 Å². The summed E-state index contributed by atoms with van der Waals surface area (Å²) < 4.78 is 12.0. The molecule has 0 aliphatic carbocycles. The van der Waals surface area contributed by atoms with E-state index in [2.05, 4.69) is 42.5 Å². The maximum atomic E-state index is 10.6. The lowest BCUT2D eigenvalue weighted by Gasteiger charge is -2.25. The van der Waals surface area contributed by atoms with Gasteiger partial charge >= 0.3 is 5.97 Å². The Morgan fingerprint density at radius 1 is 1.04 bits per heavy atom. The summed E-state index contributed by atoms with van der Waals surface area (Å²) in [6, 6.07) is 10.6. The minimum Gasteiger partial charge on any atom is -0.481 e. The monoisotopic (exact) mass is 374 g/mol. The smallest absolute Gasteiger partial charge is 0.303 e. The Kier molecular flexibility index (Phi) is 5.67. The van der Waals surface area contributed by atoms with E-state index in [9.17, 15) is 4.79 Å². The predicted octanol–water partition coefficient (Wildman–Crippen LogP) is 4.15. The van der Waals surface area contributed by atoms with Gasteiger partial charge in [-0.1, -0.05) is 30.4 Å². The number of aliphatic carboxylic acids is 1. The van der Waals surface area contributed by atoms with Gasteiger partial charge in [0.15, 0.2) is 0 Å². The van der Waals surface area contributed by atoms with Crippen molar-refractivity contribution in [2.75, 3.05) is 5.75 Å². The summed E-state index contributed by atoms with van der Waals surface area (Å²) in [6.07, 6.45) is 9.57. The van der Waals surface area contributed by atoms with E-state index in [0.29, 0.717) is 30.5 Å². The minimum absolute atomic E-state index is 0.249. The van der Waals surface area contributed by atoms with Crippen LogP contribution < -0.4 is 0 Å². The molecule has 3 heterocycles. The lowest BCUT2D eigenvalue weighted by molar-refractivity contribution is -0.137. The molecule has 3 aliphatic rings. The van der Waals surface area contributed by atoms with Gasteiger partial charge in [0.2, 0.25) is 0 Å². The summed E-state index contributed by atoms with van der Waals surface area (Å²) >= 11 is 1.92. The van der Waals surface area contributed by atoms with Crippen LogP contribution in [0.3, 0.4) is 0 Å². The molecular weight excluding hydrogens is 348 g/mol. The van der Waals surface area contributed by atoms with Crippen molar-refractivity contribution >= 4 is 17.7 Å². The molecule has 0 spiro atoms. The molecule has 0 amide bonds. The number of unbranched alkanes of at least 4 members (excludes halogenated alkanes) is 1. The quantitative estimate of drug-likeness (QED) is 0.288. The summed E-state index contributed by atoms with van der Waals surface area (Å²) in [4.78, 5) is 11.9. The lowest BCUT2D eigenvalue weighted by atomic mass is 9.76. The number of hydrogen-bond donors (Lipinski definition) is 1. The summed E-state index contributed by atoms with van der Waals surface area (Å²) in [5.74, 6) is 1.50. The van der Waals surface area contributed by atoms with Gasteiger partial charge in [-0.15, -0.1) is 11.8 Å². The number of fused-ring (bicyclic) bond motifs is 5. The molecule has 140 valence electrons. The first-order valence-corrected chi connectivity index (χ1v) is 10.6. The average Bonchev–Trinajstić information content (AvgIpc) is 3.27. The van der Waals surface area contributed by atoms with Crippen LogP contribution in [0, 0.1) is 11.8 Å². The number of rotatable bonds is 10.